The number of rotatable bonds is 5. The number of piperidine rings is 1. The van der Waals surface area contributed by atoms with Gasteiger partial charge in [-0.15, -0.1) is 0 Å². The number of nitrogens with zero attached hydrogens (tertiary/aromatic N) is 1. The van der Waals surface area contributed by atoms with E-state index in [-0.39, 0.29) is 23.3 Å². The molecular formula is C18H22N4O3. The van der Waals surface area contributed by atoms with E-state index < -0.39 is 0 Å². The summed E-state index contributed by atoms with van der Waals surface area (Å²) in [7, 11) is 0. The molecule has 1 aromatic heterocycles. The second kappa shape index (κ2) is 7.48. The number of nitrogens with one attached hydrogen (secondary N) is 2. The fourth-order valence-electron chi connectivity index (χ4n) is 3.31. The zero-order valence-electron chi connectivity index (χ0n) is 14.0. The Labute approximate surface area is 145 Å². The summed E-state index contributed by atoms with van der Waals surface area (Å²) in [5, 5.41) is 3.57. The Balaban J connectivity index is 1.62. The monoisotopic (exact) mass is 342 g/mol. The lowest BCUT2D eigenvalue weighted by Crippen LogP contribution is -2.44. The molecule has 7 nitrogen and oxygen atoms in total. The van der Waals surface area contributed by atoms with E-state index in [1.807, 2.05) is 18.2 Å². The molecule has 1 saturated heterocycles. The number of nitrogens with two attached hydrogens (primary N) is 1. The first kappa shape index (κ1) is 17.2. The van der Waals surface area contributed by atoms with E-state index in [2.05, 4.69) is 15.2 Å². The highest BCUT2D eigenvalue weighted by Gasteiger charge is 2.23. The van der Waals surface area contributed by atoms with Gasteiger partial charge in [-0.05, 0) is 25.5 Å². The number of primary amides is 1. The number of fused-ring (bicyclic) bond motifs is 1. The molecule has 1 fully saturated rings. The van der Waals surface area contributed by atoms with Crippen LogP contribution < -0.4 is 16.6 Å². The number of hydrogen-bond donors (Lipinski definition) is 3. The van der Waals surface area contributed by atoms with Crippen LogP contribution in [0.1, 0.15) is 23.2 Å². The Kier molecular flexibility index (Phi) is 5.14. The number of pyridine rings is 1. The van der Waals surface area contributed by atoms with E-state index in [9.17, 15) is 14.4 Å². The van der Waals surface area contributed by atoms with Gasteiger partial charge in [-0.25, -0.2) is 0 Å². The van der Waals surface area contributed by atoms with Gasteiger partial charge < -0.3 is 20.9 Å². The van der Waals surface area contributed by atoms with Crippen molar-refractivity contribution in [1.29, 1.82) is 0 Å². The Morgan fingerprint density at radius 3 is 2.92 bits per heavy atom. The lowest BCUT2D eigenvalue weighted by molar-refractivity contribution is -0.123. The first-order valence-electron chi connectivity index (χ1n) is 8.46. The van der Waals surface area contributed by atoms with E-state index in [0.29, 0.717) is 36.1 Å². The smallest absolute Gasteiger partial charge is 0.252 e. The van der Waals surface area contributed by atoms with Gasteiger partial charge in [0.1, 0.15) is 0 Å². The highest BCUT2D eigenvalue weighted by molar-refractivity contribution is 6.05. The van der Waals surface area contributed by atoms with Gasteiger partial charge in [0.05, 0.1) is 11.5 Å². The van der Waals surface area contributed by atoms with Crippen molar-refractivity contribution in [2.75, 3.05) is 26.2 Å². The maximum absolute atomic E-state index is 12.5. The van der Waals surface area contributed by atoms with Gasteiger partial charge in [-0.2, -0.15) is 0 Å². The summed E-state index contributed by atoms with van der Waals surface area (Å²) in [6.45, 7) is 2.63. The minimum Gasteiger partial charge on any atom is -0.369 e. The Morgan fingerprint density at radius 2 is 2.12 bits per heavy atom. The molecule has 7 heteroatoms. The van der Waals surface area contributed by atoms with Crippen molar-refractivity contribution < 1.29 is 9.59 Å². The zero-order valence-corrected chi connectivity index (χ0v) is 14.0. The Morgan fingerprint density at radius 1 is 1.32 bits per heavy atom. The highest BCUT2D eigenvalue weighted by Crippen LogP contribution is 2.16. The third-order valence-corrected chi connectivity index (χ3v) is 4.62. The van der Waals surface area contributed by atoms with Gasteiger partial charge in [0, 0.05) is 36.6 Å². The lowest BCUT2D eigenvalue weighted by atomic mass is 9.97. The van der Waals surface area contributed by atoms with Gasteiger partial charge in [-0.1, -0.05) is 18.2 Å². The molecule has 2 heterocycles. The largest absolute Gasteiger partial charge is 0.369 e. The second-order valence-corrected chi connectivity index (χ2v) is 6.39. The number of aromatic nitrogens is 1. The van der Waals surface area contributed by atoms with Crippen molar-refractivity contribution >= 4 is 22.7 Å². The van der Waals surface area contributed by atoms with Gasteiger partial charge in [-0.3, -0.25) is 14.4 Å². The van der Waals surface area contributed by atoms with Crippen LogP contribution in [0.15, 0.2) is 35.1 Å². The van der Waals surface area contributed by atoms with Crippen LogP contribution >= 0.6 is 0 Å². The van der Waals surface area contributed by atoms with Crippen LogP contribution in [0, 0.1) is 5.92 Å². The quantitative estimate of drug-likeness (QED) is 0.733. The number of benzene rings is 1. The molecule has 0 spiro atoms. The topological polar surface area (TPSA) is 108 Å². The molecule has 1 aromatic carbocycles. The number of amides is 2. The van der Waals surface area contributed by atoms with Crippen molar-refractivity contribution in [2.24, 2.45) is 11.7 Å². The van der Waals surface area contributed by atoms with Crippen molar-refractivity contribution in [2.45, 2.75) is 12.8 Å². The molecule has 4 N–H and O–H groups in total. The van der Waals surface area contributed by atoms with E-state index >= 15 is 0 Å². The van der Waals surface area contributed by atoms with Crippen LogP contribution in [0.4, 0.5) is 0 Å². The standard InChI is InChI=1S/C18H22N4O3/c19-17(24)12-4-3-8-22(11-12)9-7-20-18(25)14-10-16(23)21-15-6-2-1-5-13(14)15/h1-2,5-6,10,12H,3-4,7-9,11H2,(H2,19,24)(H,20,25)(H,21,23)/t12-/m1/s1. The van der Waals surface area contributed by atoms with E-state index in [4.69, 9.17) is 5.73 Å². The van der Waals surface area contributed by atoms with E-state index in [1.54, 1.807) is 6.07 Å². The molecule has 0 bridgehead atoms. The summed E-state index contributed by atoms with van der Waals surface area (Å²) in [6, 6.07) is 8.54. The molecule has 2 amide bonds. The predicted octanol–water partition coefficient (Wildman–Crippen LogP) is 0.455. The number of likely N-dealkylation sites (tertiary alicyclic amines) is 1. The minimum absolute atomic E-state index is 0.110. The molecular weight excluding hydrogens is 320 g/mol. The molecule has 0 aliphatic carbocycles. The summed E-state index contributed by atoms with van der Waals surface area (Å²) in [5.74, 6) is -0.643. The third kappa shape index (κ3) is 4.06. The van der Waals surface area contributed by atoms with E-state index in [1.165, 1.54) is 6.07 Å². The van der Waals surface area contributed by atoms with Crippen molar-refractivity contribution in [3.63, 3.8) is 0 Å². The first-order valence-corrected chi connectivity index (χ1v) is 8.46. The number of H-pyrrole nitrogens is 1. The average Bonchev–Trinajstić information content (AvgIpc) is 2.61. The molecule has 1 aliphatic rings. The molecule has 2 aromatic rings. The van der Waals surface area contributed by atoms with Crippen molar-refractivity contribution in [3.05, 3.63) is 46.2 Å². The summed E-state index contributed by atoms with van der Waals surface area (Å²) in [5.41, 5.74) is 6.09. The predicted molar refractivity (Wildman–Crippen MR) is 95.3 cm³/mol. The first-order chi connectivity index (χ1) is 12.0. The maximum atomic E-state index is 12.5. The highest BCUT2D eigenvalue weighted by atomic mass is 16.2. The van der Waals surface area contributed by atoms with E-state index in [0.717, 1.165) is 19.4 Å². The second-order valence-electron chi connectivity index (χ2n) is 6.39. The van der Waals surface area contributed by atoms with Crippen LogP contribution in [-0.2, 0) is 4.79 Å². The van der Waals surface area contributed by atoms with Crippen LogP contribution in [0.2, 0.25) is 0 Å². The molecule has 3 rings (SSSR count). The Bertz CT molecular complexity index is 846. The SMILES string of the molecule is NC(=O)[C@@H]1CCCN(CCNC(=O)c2cc(=O)[nH]c3ccccc23)C1. The normalized spacial score (nSPS) is 18.2. The number of carbonyl (C=O) groups is 2. The number of aromatic amines is 1. The lowest BCUT2D eigenvalue weighted by Gasteiger charge is -2.31. The fourth-order valence-corrected chi connectivity index (χ4v) is 3.31. The van der Waals surface area contributed by atoms with Gasteiger partial charge in [0.25, 0.3) is 5.91 Å². The number of para-hydroxylation sites is 1. The fraction of sp³-hybridized carbons (Fsp3) is 0.389. The minimum atomic E-state index is -0.302. The molecule has 132 valence electrons. The van der Waals surface area contributed by atoms with Gasteiger partial charge in [0.15, 0.2) is 0 Å². The Hall–Kier alpha value is -2.67. The van der Waals surface area contributed by atoms with Crippen LogP contribution in [0.25, 0.3) is 10.9 Å². The maximum Gasteiger partial charge on any atom is 0.252 e. The van der Waals surface area contributed by atoms with Gasteiger partial charge in [0.2, 0.25) is 11.5 Å². The molecule has 25 heavy (non-hydrogen) atoms. The molecule has 0 radical (unpaired) electrons. The third-order valence-electron chi connectivity index (χ3n) is 4.62. The molecule has 1 aliphatic heterocycles. The summed E-state index contributed by atoms with van der Waals surface area (Å²) >= 11 is 0. The van der Waals surface area contributed by atoms with Crippen LogP contribution in [0.5, 0.6) is 0 Å². The zero-order chi connectivity index (χ0) is 17.8. The molecule has 0 unspecified atom stereocenters. The molecule has 0 saturated carbocycles. The average molecular weight is 342 g/mol. The van der Waals surface area contributed by atoms with Crippen LogP contribution in [-0.4, -0.2) is 47.9 Å². The summed E-state index contributed by atoms with van der Waals surface area (Å²) in [4.78, 5) is 40.4. The molecule has 1 atom stereocenters. The van der Waals surface area contributed by atoms with Crippen LogP contribution in [0.3, 0.4) is 0 Å². The van der Waals surface area contributed by atoms with Crippen molar-refractivity contribution in [1.82, 2.24) is 15.2 Å². The number of carbonyl (C=O) groups excluding carboxylic acids is 2. The van der Waals surface area contributed by atoms with Crippen molar-refractivity contribution in [3.8, 4) is 0 Å². The van der Waals surface area contributed by atoms with Gasteiger partial charge >= 0.3 is 0 Å². The summed E-state index contributed by atoms with van der Waals surface area (Å²) in [6.07, 6.45) is 1.76. The summed E-state index contributed by atoms with van der Waals surface area (Å²) < 4.78 is 0. The number of hydrogen-bond acceptors (Lipinski definition) is 4.